The van der Waals surface area contributed by atoms with Gasteiger partial charge >= 0.3 is 15.4 Å². The van der Waals surface area contributed by atoms with E-state index in [0.29, 0.717) is 67.6 Å². The van der Waals surface area contributed by atoms with Crippen molar-refractivity contribution in [2.24, 2.45) is 0 Å². The molecule has 0 saturated heterocycles. The van der Waals surface area contributed by atoms with Crippen LogP contribution >= 0.6 is 0 Å². The molecule has 16 heteroatoms. The monoisotopic (exact) mass is 1080 g/mol. The quantitative estimate of drug-likeness (QED) is 0.0440. The second-order valence-electron chi connectivity index (χ2n) is 20.9. The predicted molar refractivity (Wildman–Crippen MR) is 323 cm³/mol. The number of hydrogen-bond acceptors (Lipinski definition) is 11. The number of ether oxygens (including phenoxy) is 1. The van der Waals surface area contributed by atoms with Gasteiger partial charge in [0.2, 0.25) is 0 Å². The average Bonchev–Trinajstić information content (AvgIpc) is 3.97. The van der Waals surface area contributed by atoms with Crippen LogP contribution in [0.5, 0.6) is 17.2 Å². The van der Waals surface area contributed by atoms with Crippen LogP contribution in [0.1, 0.15) is 79.6 Å². The number of unbranched alkanes of at least 4 members (excludes halogenated alkanes) is 1. The van der Waals surface area contributed by atoms with E-state index < -0.39 is 15.4 Å². The molecule has 10 rings (SSSR count). The maximum Gasteiger partial charge on any atom is 0.504 e. The Morgan fingerprint density at radius 3 is 1.35 bits per heavy atom. The Morgan fingerprint density at radius 2 is 0.914 bits per heavy atom. The molecule has 2 amide bonds. The lowest BCUT2D eigenvalue weighted by Crippen LogP contribution is -2.28. The van der Waals surface area contributed by atoms with Crippen molar-refractivity contribution in [1.82, 2.24) is 34.6 Å². The van der Waals surface area contributed by atoms with E-state index in [9.17, 15) is 14.8 Å². The first-order valence-electron chi connectivity index (χ1n) is 27.5. The van der Waals surface area contributed by atoms with E-state index in [1.165, 1.54) is 11.1 Å². The Balaban J connectivity index is 0.942. The van der Waals surface area contributed by atoms with Gasteiger partial charge in [0.15, 0.2) is 0 Å². The molecule has 0 unspecified atom stereocenters. The fraction of sp³-hybridized carbons (Fsp3) is 0.231. The Hall–Kier alpha value is -8.53. The van der Waals surface area contributed by atoms with Crippen molar-refractivity contribution in [3.8, 4) is 17.2 Å². The molecule has 81 heavy (non-hydrogen) atoms. The maximum atomic E-state index is 15.0. The standard InChI is InChI=1S/C65H67B2N7O7/c1-6-7-34-74-38-47(68-69-74)43-79-63-35-44(64(75)72(4)41-59-52-26-14-10-22-48(52)57(49-23-11-15-27-53(49)59)39-70(2)36-45-20-8-18-30-61(45)80-66-77)32-33-56(63)65(76)73(5)42-60-54-28-16-12-24-50(54)58(51-25-13-17-29-55(51)60)40-71(3)37-46-21-9-19-31-62(46)81-67-78/h8-33,35,38,66-67,77-78H,6-7,34,36-37,39-43H2,1-5H3. The molecule has 0 fully saturated rings. The highest BCUT2D eigenvalue weighted by atomic mass is 16.5. The first-order chi connectivity index (χ1) is 39.5. The van der Waals surface area contributed by atoms with Crippen molar-refractivity contribution in [1.29, 1.82) is 0 Å². The fourth-order valence-electron chi connectivity index (χ4n) is 11.2. The van der Waals surface area contributed by atoms with Crippen molar-refractivity contribution in [3.05, 3.63) is 220 Å². The number of aromatic nitrogens is 3. The second kappa shape index (κ2) is 25.7. The molecule has 0 saturated carbocycles. The third-order valence-corrected chi connectivity index (χ3v) is 15.1. The summed E-state index contributed by atoms with van der Waals surface area (Å²) in [4.78, 5) is 37.8. The normalized spacial score (nSPS) is 11.5. The average molecular weight is 1080 g/mol. The highest BCUT2D eigenvalue weighted by Gasteiger charge is 2.25. The molecule has 0 radical (unpaired) electrons. The van der Waals surface area contributed by atoms with Crippen LogP contribution in [-0.2, 0) is 52.4 Å². The van der Waals surface area contributed by atoms with Crippen LogP contribution in [0.2, 0.25) is 0 Å². The van der Waals surface area contributed by atoms with Crippen molar-refractivity contribution in [3.63, 3.8) is 0 Å². The molecule has 1 aromatic heterocycles. The number of benzene rings is 9. The molecule has 2 N–H and O–H groups in total. The molecular weight excluding hydrogens is 1010 g/mol. The van der Waals surface area contributed by atoms with E-state index in [-0.39, 0.29) is 24.2 Å². The van der Waals surface area contributed by atoms with Gasteiger partial charge in [0.1, 0.15) is 29.5 Å². The van der Waals surface area contributed by atoms with Gasteiger partial charge in [-0.2, -0.15) is 0 Å². The predicted octanol–water partition coefficient (Wildman–Crippen LogP) is 10.4. The number of para-hydroxylation sites is 2. The minimum absolute atomic E-state index is 0.0390. The van der Waals surface area contributed by atoms with Gasteiger partial charge in [-0.25, -0.2) is 0 Å². The van der Waals surface area contributed by atoms with Gasteiger partial charge in [0.05, 0.1) is 11.8 Å². The summed E-state index contributed by atoms with van der Waals surface area (Å²) in [6, 6.07) is 54.1. The number of fused-ring (bicyclic) bond motifs is 4. The Bertz CT molecular complexity index is 3760. The van der Waals surface area contributed by atoms with E-state index in [0.717, 1.165) is 84.7 Å². The van der Waals surface area contributed by atoms with Gasteiger partial charge < -0.3 is 33.9 Å². The lowest BCUT2D eigenvalue weighted by atomic mass is 9.91. The summed E-state index contributed by atoms with van der Waals surface area (Å²) >= 11 is 0. The lowest BCUT2D eigenvalue weighted by molar-refractivity contribution is 0.0770. The van der Waals surface area contributed by atoms with E-state index in [2.05, 4.69) is 114 Å². The van der Waals surface area contributed by atoms with Crippen LogP contribution in [0.15, 0.2) is 170 Å². The first-order valence-corrected chi connectivity index (χ1v) is 27.5. The van der Waals surface area contributed by atoms with Crippen molar-refractivity contribution in [2.75, 3.05) is 28.2 Å². The van der Waals surface area contributed by atoms with Crippen LogP contribution < -0.4 is 14.0 Å². The first kappa shape index (κ1) is 55.8. The zero-order chi connectivity index (χ0) is 56.4. The molecule has 1 heterocycles. The number of carbonyl (C=O) groups is 2. The van der Waals surface area contributed by atoms with Crippen LogP contribution in [0.3, 0.4) is 0 Å². The highest BCUT2D eigenvalue weighted by molar-refractivity contribution is 6.17. The van der Waals surface area contributed by atoms with E-state index >= 15 is 4.79 Å². The van der Waals surface area contributed by atoms with E-state index in [4.69, 9.17) is 14.0 Å². The SMILES string of the molecule is CCCCn1cc(COc2cc(C(=O)N(C)Cc3c4ccccc4c(CN(C)Cc4ccccc4OBO)c4ccccc34)ccc2C(=O)N(C)Cc2c3ccccc3c(CN(C)Cc3ccccc3OBO)c3ccccc23)nn1. The smallest absolute Gasteiger partial charge is 0.504 e. The molecule has 0 aliphatic heterocycles. The summed E-state index contributed by atoms with van der Waals surface area (Å²) < 4.78 is 19.4. The largest absolute Gasteiger partial charge is 0.539 e. The summed E-state index contributed by atoms with van der Waals surface area (Å²) in [6.07, 6.45) is 3.83. The number of rotatable bonds is 24. The third-order valence-electron chi connectivity index (χ3n) is 15.1. The number of carbonyl (C=O) groups excluding carboxylic acids is 2. The summed E-state index contributed by atoms with van der Waals surface area (Å²) in [5.41, 5.74) is 7.62. The number of hydrogen-bond donors (Lipinski definition) is 2. The maximum absolute atomic E-state index is 15.0. The molecule has 10 aromatic rings. The zero-order valence-corrected chi connectivity index (χ0v) is 46.7. The zero-order valence-electron chi connectivity index (χ0n) is 46.7. The molecule has 0 atom stereocenters. The number of amides is 2. The Labute approximate surface area is 474 Å². The van der Waals surface area contributed by atoms with Gasteiger partial charge in [0.25, 0.3) is 11.8 Å². The van der Waals surface area contributed by atoms with Gasteiger partial charge in [-0.1, -0.05) is 152 Å². The summed E-state index contributed by atoms with van der Waals surface area (Å²) in [6.45, 7) is 5.98. The topological polar surface area (TPSA) is 146 Å². The molecule has 0 spiro atoms. The van der Waals surface area contributed by atoms with Gasteiger partial charge in [-0.05, 0) is 116 Å². The van der Waals surface area contributed by atoms with Gasteiger partial charge in [0, 0.05) is 76.6 Å². The fourth-order valence-corrected chi connectivity index (χ4v) is 11.2. The number of aryl methyl sites for hydroxylation is 1. The molecule has 0 aliphatic rings. The van der Waals surface area contributed by atoms with Crippen LogP contribution in [-0.4, -0.2) is 100 Å². The summed E-state index contributed by atoms with van der Waals surface area (Å²) in [5, 5.41) is 36.4. The van der Waals surface area contributed by atoms with Gasteiger partial charge in [-0.3, -0.25) is 24.1 Å². The van der Waals surface area contributed by atoms with Crippen molar-refractivity contribution in [2.45, 2.75) is 72.2 Å². The lowest BCUT2D eigenvalue weighted by Gasteiger charge is -2.25. The molecular formula is C65H67B2N7O7. The van der Waals surface area contributed by atoms with E-state index in [1.54, 1.807) is 39.7 Å². The van der Waals surface area contributed by atoms with E-state index in [1.807, 2.05) is 86.0 Å². The molecule has 9 aromatic carbocycles. The molecule has 14 nitrogen and oxygen atoms in total. The second-order valence-corrected chi connectivity index (χ2v) is 20.9. The minimum Gasteiger partial charge on any atom is -0.539 e. The van der Waals surface area contributed by atoms with Gasteiger partial charge in [-0.15, -0.1) is 5.10 Å². The third kappa shape index (κ3) is 12.4. The van der Waals surface area contributed by atoms with Crippen LogP contribution in [0.25, 0.3) is 43.1 Å². The summed E-state index contributed by atoms with van der Waals surface area (Å²) in [5.74, 6) is 1.06. The molecule has 0 bridgehead atoms. The number of nitrogens with zero attached hydrogens (tertiary/aromatic N) is 7. The summed E-state index contributed by atoms with van der Waals surface area (Å²) in [7, 11) is 6.98. The van der Waals surface area contributed by atoms with Crippen molar-refractivity contribution < 1.29 is 33.7 Å². The molecule has 410 valence electrons. The van der Waals surface area contributed by atoms with Crippen LogP contribution in [0.4, 0.5) is 0 Å². The molecule has 0 aliphatic carbocycles. The van der Waals surface area contributed by atoms with Crippen molar-refractivity contribution >= 4 is 70.3 Å². The Kier molecular flexibility index (Phi) is 17.7. The Morgan fingerprint density at radius 1 is 0.506 bits per heavy atom. The van der Waals surface area contributed by atoms with Crippen LogP contribution in [0, 0.1) is 0 Å². The minimum atomic E-state index is -0.399. The highest BCUT2D eigenvalue weighted by Crippen LogP contribution is 2.38.